The molecule has 0 aliphatic heterocycles. The number of aliphatic hydroxyl groups excluding tert-OH is 1. The quantitative estimate of drug-likeness (QED) is 0.203. The molecule has 0 bridgehead atoms. The second-order valence-corrected chi connectivity index (χ2v) is 17.7. The smallest absolute Gasteiger partial charge is 0.224 e. The third-order valence-electron chi connectivity index (χ3n) is 9.10. The Hall–Kier alpha value is -2.23. The zero-order chi connectivity index (χ0) is 34.2. The Morgan fingerprint density at radius 1 is 0.778 bits per heavy atom. The number of aliphatic hydroxyl groups is 1. The van der Waals surface area contributed by atoms with Crippen molar-refractivity contribution in [1.82, 2.24) is 0 Å². The Balaban J connectivity index is 2.19. The van der Waals surface area contributed by atoms with E-state index in [9.17, 15) is 9.90 Å². The summed E-state index contributed by atoms with van der Waals surface area (Å²) in [6.45, 7) is 29.3. The van der Waals surface area contributed by atoms with Crippen molar-refractivity contribution in [1.29, 1.82) is 0 Å². The lowest BCUT2D eigenvalue weighted by atomic mass is 9.70. The topological polar surface area (TPSA) is 58.6 Å². The molecule has 2 N–H and O–H groups in total. The maximum Gasteiger partial charge on any atom is 0.224 e. The Morgan fingerprint density at radius 2 is 1.29 bits per heavy atom. The van der Waals surface area contributed by atoms with Crippen LogP contribution in [0.2, 0.25) is 0 Å². The van der Waals surface area contributed by atoms with Crippen molar-refractivity contribution in [3.8, 4) is 5.75 Å². The van der Waals surface area contributed by atoms with E-state index in [-0.39, 0.29) is 33.5 Å². The van der Waals surface area contributed by atoms with Gasteiger partial charge in [0.2, 0.25) is 5.91 Å². The monoisotopic (exact) mass is 624 g/mol. The summed E-state index contributed by atoms with van der Waals surface area (Å²) in [5, 5.41) is 14.4. The first-order valence-electron chi connectivity index (χ1n) is 17.9. The number of benzene rings is 1. The van der Waals surface area contributed by atoms with Gasteiger partial charge in [0.05, 0.1) is 6.61 Å². The molecule has 0 heterocycles. The molecule has 1 aromatic rings. The first kappa shape index (κ1) is 39.0. The molecule has 1 amide bonds. The highest BCUT2D eigenvalue weighted by atomic mass is 16.5. The normalized spacial score (nSPS) is 16.6. The molecule has 1 atom stereocenters. The lowest BCUT2D eigenvalue weighted by molar-refractivity contribution is -0.116. The van der Waals surface area contributed by atoms with Crippen molar-refractivity contribution < 1.29 is 14.6 Å². The summed E-state index contributed by atoms with van der Waals surface area (Å²) in [6.07, 6.45) is 14.4. The van der Waals surface area contributed by atoms with Crippen LogP contribution in [0.5, 0.6) is 5.75 Å². The molecule has 1 aromatic carbocycles. The lowest BCUT2D eigenvalue weighted by Gasteiger charge is -2.35. The molecular weight excluding hydrogens is 554 g/mol. The van der Waals surface area contributed by atoms with Crippen LogP contribution in [0, 0.1) is 16.7 Å². The summed E-state index contributed by atoms with van der Waals surface area (Å²) in [6, 6.07) is 4.26. The van der Waals surface area contributed by atoms with Crippen LogP contribution in [0.25, 0.3) is 0 Å². The predicted octanol–water partition coefficient (Wildman–Crippen LogP) is 12.4. The molecular formula is C41H69NO3. The van der Waals surface area contributed by atoms with Gasteiger partial charge in [0.15, 0.2) is 0 Å². The Bertz CT molecular complexity index is 1140. The van der Waals surface area contributed by atoms with Crippen molar-refractivity contribution in [2.24, 2.45) is 16.7 Å². The van der Waals surface area contributed by atoms with Crippen molar-refractivity contribution in [3.63, 3.8) is 0 Å². The number of nitrogens with one attached hydrogen (secondary N) is 1. The first-order chi connectivity index (χ1) is 20.7. The van der Waals surface area contributed by atoms with Crippen LogP contribution in [0.3, 0.4) is 0 Å². The number of carbonyl (C=O) groups excluding carboxylic acids is 1. The SMILES string of the molecule is CCCCCCCCCCOc1c(C(C)(C)C)cc(NC(=O)CCC2C=C(C(C)(C)C)C(O)=C(C(C)(C)C)C2)cc1C(C)(C)C. The minimum atomic E-state index is -0.160. The Labute approximate surface area is 277 Å². The summed E-state index contributed by atoms with van der Waals surface area (Å²) in [4.78, 5) is 13.4. The van der Waals surface area contributed by atoms with E-state index >= 15 is 0 Å². The maximum absolute atomic E-state index is 13.4. The number of hydrogen-bond donors (Lipinski definition) is 2. The minimum absolute atomic E-state index is 0.0316. The molecule has 0 spiro atoms. The number of rotatable bonds is 14. The Kier molecular flexibility index (Phi) is 13.9. The van der Waals surface area contributed by atoms with Crippen LogP contribution in [-0.4, -0.2) is 17.6 Å². The zero-order valence-electron chi connectivity index (χ0n) is 31.6. The fourth-order valence-electron chi connectivity index (χ4n) is 6.27. The van der Waals surface area contributed by atoms with Crippen LogP contribution in [-0.2, 0) is 15.6 Å². The van der Waals surface area contributed by atoms with Gasteiger partial charge < -0.3 is 15.2 Å². The summed E-state index contributed by atoms with van der Waals surface area (Å²) in [5.74, 6) is 1.69. The fraction of sp³-hybridized carbons (Fsp3) is 0.732. The minimum Gasteiger partial charge on any atom is -0.508 e. The van der Waals surface area contributed by atoms with Gasteiger partial charge in [-0.05, 0) is 70.1 Å². The van der Waals surface area contributed by atoms with E-state index in [2.05, 4.69) is 114 Å². The molecule has 0 radical (unpaired) electrons. The molecule has 2 rings (SSSR count). The summed E-state index contributed by atoms with van der Waals surface area (Å²) in [7, 11) is 0. The average molecular weight is 624 g/mol. The molecule has 256 valence electrons. The lowest BCUT2D eigenvalue weighted by Crippen LogP contribution is -2.25. The number of anilines is 1. The van der Waals surface area contributed by atoms with Gasteiger partial charge in [-0.3, -0.25) is 4.79 Å². The van der Waals surface area contributed by atoms with E-state index in [0.29, 0.717) is 12.2 Å². The third-order valence-corrected chi connectivity index (χ3v) is 9.10. The van der Waals surface area contributed by atoms with E-state index in [4.69, 9.17) is 4.74 Å². The molecule has 45 heavy (non-hydrogen) atoms. The van der Waals surface area contributed by atoms with Crippen molar-refractivity contribution in [2.75, 3.05) is 11.9 Å². The van der Waals surface area contributed by atoms with Crippen molar-refractivity contribution >= 4 is 11.6 Å². The van der Waals surface area contributed by atoms with Gasteiger partial charge in [0.25, 0.3) is 0 Å². The first-order valence-corrected chi connectivity index (χ1v) is 17.9. The van der Waals surface area contributed by atoms with Gasteiger partial charge in [-0.2, -0.15) is 0 Å². The highest BCUT2D eigenvalue weighted by Gasteiger charge is 2.34. The fourth-order valence-corrected chi connectivity index (χ4v) is 6.27. The molecule has 1 aliphatic carbocycles. The summed E-state index contributed by atoms with van der Waals surface area (Å²) in [5.41, 5.74) is 4.66. The number of ether oxygens (including phenoxy) is 1. The molecule has 0 fully saturated rings. The summed E-state index contributed by atoms with van der Waals surface area (Å²) < 4.78 is 6.59. The van der Waals surface area contributed by atoms with Crippen LogP contribution < -0.4 is 10.1 Å². The third kappa shape index (κ3) is 12.1. The number of hydrogen-bond acceptors (Lipinski definition) is 3. The van der Waals surface area contributed by atoms with E-state index in [1.165, 1.54) is 44.9 Å². The van der Waals surface area contributed by atoms with Gasteiger partial charge in [-0.25, -0.2) is 0 Å². The predicted molar refractivity (Wildman–Crippen MR) is 195 cm³/mol. The van der Waals surface area contributed by atoms with Crippen molar-refractivity contribution in [2.45, 2.75) is 171 Å². The second-order valence-electron chi connectivity index (χ2n) is 17.7. The number of unbranched alkanes of at least 4 members (excludes halogenated alkanes) is 7. The molecule has 4 nitrogen and oxygen atoms in total. The molecule has 0 aromatic heterocycles. The van der Waals surface area contributed by atoms with Crippen LogP contribution in [0.1, 0.15) is 172 Å². The average Bonchev–Trinajstić information content (AvgIpc) is 2.89. The number of carbonyl (C=O) groups is 1. The highest BCUT2D eigenvalue weighted by Crippen LogP contribution is 2.45. The largest absolute Gasteiger partial charge is 0.508 e. The number of amides is 1. The Morgan fingerprint density at radius 3 is 1.76 bits per heavy atom. The molecule has 0 saturated carbocycles. The van der Waals surface area contributed by atoms with E-state index < -0.39 is 0 Å². The molecule has 0 saturated heterocycles. The number of allylic oxidation sites excluding steroid dienone is 3. The summed E-state index contributed by atoms with van der Waals surface area (Å²) >= 11 is 0. The molecule has 1 unspecified atom stereocenters. The van der Waals surface area contributed by atoms with Crippen LogP contribution in [0.4, 0.5) is 5.69 Å². The van der Waals surface area contributed by atoms with Gasteiger partial charge >= 0.3 is 0 Å². The molecule has 4 heteroatoms. The van der Waals surface area contributed by atoms with E-state index in [1.807, 2.05) is 0 Å². The van der Waals surface area contributed by atoms with Crippen LogP contribution >= 0.6 is 0 Å². The van der Waals surface area contributed by atoms with Gasteiger partial charge in [0, 0.05) is 23.2 Å². The second kappa shape index (κ2) is 16.1. The highest BCUT2D eigenvalue weighted by molar-refractivity contribution is 5.91. The van der Waals surface area contributed by atoms with Crippen LogP contribution in [0.15, 0.2) is 35.1 Å². The van der Waals surface area contributed by atoms with Crippen molar-refractivity contribution in [3.05, 3.63) is 46.2 Å². The van der Waals surface area contributed by atoms with Gasteiger partial charge in [0.1, 0.15) is 11.5 Å². The standard InChI is InChI=1S/C41H69NO3/c1-14-15-16-17-18-19-20-21-24-45-37-33(40(8,9)10)27-30(28-34(37)41(11,12)13)42-35(43)23-22-29-25-31(38(2,3)4)36(44)32(26-29)39(5,6)7/h25,27-29,44H,14-24,26H2,1-13H3,(H,42,43). The molecule has 1 aliphatic rings. The van der Waals surface area contributed by atoms with E-state index in [0.717, 1.165) is 59.6 Å². The zero-order valence-corrected chi connectivity index (χ0v) is 31.6. The van der Waals surface area contributed by atoms with Gasteiger partial charge in [-0.1, -0.05) is 141 Å². The van der Waals surface area contributed by atoms with Gasteiger partial charge in [-0.15, -0.1) is 0 Å². The van der Waals surface area contributed by atoms with E-state index in [1.54, 1.807) is 0 Å². The maximum atomic E-state index is 13.4.